The summed E-state index contributed by atoms with van der Waals surface area (Å²) in [5, 5.41) is 2.79. The third kappa shape index (κ3) is 10.1. The molecule has 0 saturated carbocycles. The molecule has 1 unspecified atom stereocenters. The average molecular weight is 249 g/mol. The fraction of sp³-hybridized carbons (Fsp3) is 0.909. The number of amides is 1. The molecule has 4 nitrogen and oxygen atoms in total. The van der Waals surface area contributed by atoms with Crippen LogP contribution in [-0.4, -0.2) is 43.0 Å². The first-order valence-electron chi connectivity index (χ1n) is 5.41. The molecule has 16 heavy (non-hydrogen) atoms. The molecule has 0 aromatic heterocycles. The van der Waals surface area contributed by atoms with E-state index in [1.165, 1.54) is 0 Å². The van der Waals surface area contributed by atoms with Gasteiger partial charge in [0.25, 0.3) is 0 Å². The Morgan fingerprint density at radius 2 is 2.06 bits per heavy atom. The van der Waals surface area contributed by atoms with Crippen LogP contribution in [0, 0.1) is 0 Å². The molecule has 0 heterocycles. The minimum Gasteiger partial charge on any atom is -0.444 e. The Morgan fingerprint density at radius 1 is 1.44 bits per heavy atom. The van der Waals surface area contributed by atoms with Gasteiger partial charge in [0.1, 0.15) is 5.60 Å². The highest BCUT2D eigenvalue weighted by molar-refractivity contribution is 7.99. The Hall–Kier alpha value is -0.420. The zero-order chi connectivity index (χ0) is 12.6. The monoisotopic (exact) mass is 249 g/mol. The SMILES string of the molecule is COCCSCC(C)NC(=O)OC(C)(C)C. The molecular formula is C11H23NO3S. The lowest BCUT2D eigenvalue weighted by molar-refractivity contribution is 0.0513. The van der Waals surface area contributed by atoms with E-state index in [0.29, 0.717) is 0 Å². The fourth-order valence-electron chi connectivity index (χ4n) is 0.953. The van der Waals surface area contributed by atoms with Gasteiger partial charge >= 0.3 is 6.09 Å². The predicted molar refractivity (Wildman–Crippen MR) is 68.0 cm³/mol. The summed E-state index contributed by atoms with van der Waals surface area (Å²) in [5.74, 6) is 1.81. The Balaban J connectivity index is 3.62. The number of hydrogen-bond acceptors (Lipinski definition) is 4. The van der Waals surface area contributed by atoms with Gasteiger partial charge < -0.3 is 14.8 Å². The van der Waals surface area contributed by atoms with Gasteiger partial charge in [-0.2, -0.15) is 11.8 Å². The first kappa shape index (κ1) is 15.6. The second-order valence-electron chi connectivity index (χ2n) is 4.61. The number of nitrogens with one attached hydrogen (secondary N) is 1. The lowest BCUT2D eigenvalue weighted by Crippen LogP contribution is -2.38. The molecule has 0 rings (SSSR count). The van der Waals surface area contributed by atoms with E-state index in [1.54, 1.807) is 18.9 Å². The molecule has 0 radical (unpaired) electrons. The van der Waals surface area contributed by atoms with Crippen molar-refractivity contribution in [2.24, 2.45) is 0 Å². The number of alkyl carbamates (subject to hydrolysis) is 1. The highest BCUT2D eigenvalue weighted by Gasteiger charge is 2.17. The maximum absolute atomic E-state index is 11.4. The van der Waals surface area contributed by atoms with Gasteiger partial charge in [-0.15, -0.1) is 0 Å². The molecule has 0 aliphatic heterocycles. The number of rotatable bonds is 6. The fourth-order valence-corrected chi connectivity index (χ4v) is 1.84. The van der Waals surface area contributed by atoms with Crippen molar-refractivity contribution in [2.75, 3.05) is 25.2 Å². The van der Waals surface area contributed by atoms with Crippen molar-refractivity contribution in [2.45, 2.75) is 39.3 Å². The van der Waals surface area contributed by atoms with Gasteiger partial charge in [0, 0.05) is 24.7 Å². The Kier molecular flexibility index (Phi) is 7.58. The first-order chi connectivity index (χ1) is 7.35. The van der Waals surface area contributed by atoms with Crippen molar-refractivity contribution in [3.63, 3.8) is 0 Å². The van der Waals surface area contributed by atoms with E-state index in [4.69, 9.17) is 9.47 Å². The number of thioether (sulfide) groups is 1. The van der Waals surface area contributed by atoms with Gasteiger partial charge in [0.2, 0.25) is 0 Å². The molecule has 1 amide bonds. The van der Waals surface area contributed by atoms with Crippen LogP contribution in [0.2, 0.25) is 0 Å². The van der Waals surface area contributed by atoms with Crippen LogP contribution in [0.25, 0.3) is 0 Å². The Bertz CT molecular complexity index is 204. The molecule has 96 valence electrons. The van der Waals surface area contributed by atoms with Gasteiger partial charge in [0.15, 0.2) is 0 Å². The summed E-state index contributed by atoms with van der Waals surface area (Å²) in [7, 11) is 1.68. The van der Waals surface area contributed by atoms with Crippen molar-refractivity contribution in [3.05, 3.63) is 0 Å². The normalized spacial score (nSPS) is 13.3. The highest BCUT2D eigenvalue weighted by atomic mass is 32.2. The summed E-state index contributed by atoms with van der Waals surface area (Å²) in [6.07, 6.45) is -0.354. The van der Waals surface area contributed by atoms with Crippen LogP contribution >= 0.6 is 11.8 Å². The van der Waals surface area contributed by atoms with Crippen molar-refractivity contribution < 1.29 is 14.3 Å². The Labute approximate surface area is 102 Å². The summed E-state index contributed by atoms with van der Waals surface area (Å²) in [6, 6.07) is 0.108. The van der Waals surface area contributed by atoms with E-state index < -0.39 is 5.60 Å². The third-order valence-electron chi connectivity index (χ3n) is 1.56. The van der Waals surface area contributed by atoms with Crippen LogP contribution in [0.5, 0.6) is 0 Å². The lowest BCUT2D eigenvalue weighted by Gasteiger charge is -2.21. The van der Waals surface area contributed by atoms with Crippen LogP contribution in [0.1, 0.15) is 27.7 Å². The van der Waals surface area contributed by atoms with Gasteiger partial charge in [-0.3, -0.25) is 0 Å². The van der Waals surface area contributed by atoms with Crippen molar-refractivity contribution in [3.8, 4) is 0 Å². The number of carbonyl (C=O) groups excluding carboxylic acids is 1. The minimum atomic E-state index is -0.438. The van der Waals surface area contributed by atoms with Gasteiger partial charge in [-0.05, 0) is 27.7 Å². The van der Waals surface area contributed by atoms with Gasteiger partial charge in [0.05, 0.1) is 6.61 Å². The molecular weight excluding hydrogens is 226 g/mol. The zero-order valence-electron chi connectivity index (χ0n) is 10.8. The number of hydrogen-bond donors (Lipinski definition) is 1. The van der Waals surface area contributed by atoms with Crippen molar-refractivity contribution in [1.29, 1.82) is 0 Å². The van der Waals surface area contributed by atoms with Crippen LogP contribution in [0.3, 0.4) is 0 Å². The van der Waals surface area contributed by atoms with E-state index in [0.717, 1.165) is 18.1 Å². The standard InChI is InChI=1S/C11H23NO3S/c1-9(8-16-7-6-14-5)12-10(13)15-11(2,3)4/h9H,6-8H2,1-5H3,(H,12,13). The van der Waals surface area contributed by atoms with E-state index in [-0.39, 0.29) is 12.1 Å². The molecule has 0 aromatic rings. The first-order valence-corrected chi connectivity index (χ1v) is 6.57. The number of carbonyl (C=O) groups is 1. The van der Waals surface area contributed by atoms with Gasteiger partial charge in [-0.25, -0.2) is 4.79 Å². The summed E-state index contributed by atoms with van der Waals surface area (Å²) in [5.41, 5.74) is -0.438. The minimum absolute atomic E-state index is 0.108. The smallest absolute Gasteiger partial charge is 0.407 e. The van der Waals surface area contributed by atoms with E-state index in [1.807, 2.05) is 27.7 Å². The van der Waals surface area contributed by atoms with E-state index in [2.05, 4.69) is 5.32 Å². The summed E-state index contributed by atoms with van der Waals surface area (Å²) in [6.45, 7) is 8.26. The molecule has 0 aliphatic carbocycles. The zero-order valence-corrected chi connectivity index (χ0v) is 11.6. The maximum Gasteiger partial charge on any atom is 0.407 e. The Morgan fingerprint density at radius 3 is 2.56 bits per heavy atom. The maximum atomic E-state index is 11.4. The quantitative estimate of drug-likeness (QED) is 0.734. The highest BCUT2D eigenvalue weighted by Crippen LogP contribution is 2.08. The summed E-state index contributed by atoms with van der Waals surface area (Å²) >= 11 is 1.75. The number of methoxy groups -OCH3 is 1. The molecule has 0 aromatic carbocycles. The van der Waals surface area contributed by atoms with Crippen molar-refractivity contribution >= 4 is 17.9 Å². The molecule has 0 saturated heterocycles. The lowest BCUT2D eigenvalue weighted by atomic mass is 10.2. The van der Waals surface area contributed by atoms with Crippen LogP contribution in [0.15, 0.2) is 0 Å². The summed E-state index contributed by atoms with van der Waals surface area (Å²) in [4.78, 5) is 11.4. The summed E-state index contributed by atoms with van der Waals surface area (Å²) < 4.78 is 10.1. The van der Waals surface area contributed by atoms with Crippen LogP contribution in [-0.2, 0) is 9.47 Å². The molecule has 0 fully saturated rings. The molecule has 0 bridgehead atoms. The molecule has 1 atom stereocenters. The molecule has 0 spiro atoms. The second-order valence-corrected chi connectivity index (χ2v) is 5.76. The molecule has 0 aliphatic rings. The van der Waals surface area contributed by atoms with Crippen molar-refractivity contribution in [1.82, 2.24) is 5.32 Å². The average Bonchev–Trinajstić information content (AvgIpc) is 2.09. The van der Waals surface area contributed by atoms with Gasteiger partial charge in [-0.1, -0.05) is 0 Å². The molecule has 1 N–H and O–H groups in total. The van der Waals surface area contributed by atoms with Crippen LogP contribution < -0.4 is 5.32 Å². The predicted octanol–water partition coefficient (Wildman–Crippen LogP) is 2.28. The topological polar surface area (TPSA) is 47.6 Å². The van der Waals surface area contributed by atoms with Crippen LogP contribution in [0.4, 0.5) is 4.79 Å². The molecule has 5 heteroatoms. The third-order valence-corrected chi connectivity index (χ3v) is 2.75. The largest absolute Gasteiger partial charge is 0.444 e. The van der Waals surface area contributed by atoms with E-state index in [9.17, 15) is 4.79 Å². The van der Waals surface area contributed by atoms with E-state index >= 15 is 0 Å². The number of ether oxygens (including phenoxy) is 2. The second kappa shape index (κ2) is 7.79.